The highest BCUT2D eigenvalue weighted by Crippen LogP contribution is 2.28. The largest absolute Gasteiger partial charge is 0.368 e. The molecule has 92 valence electrons. The molecule has 1 rings (SSSR count). The second-order valence-electron chi connectivity index (χ2n) is 3.95. The molecule has 1 aromatic rings. The maximum Gasteiger partial charge on any atom is 0.146 e. The van der Waals surface area contributed by atoms with E-state index < -0.39 is 0 Å². The van der Waals surface area contributed by atoms with Gasteiger partial charge >= 0.3 is 0 Å². The highest BCUT2D eigenvalue weighted by atomic mass is 19.1. The lowest BCUT2D eigenvalue weighted by molar-refractivity contribution is 0.612. The number of nitrogens with two attached hydrogens (primary N) is 1. The van der Waals surface area contributed by atoms with Crippen LogP contribution in [0.4, 0.5) is 10.1 Å². The number of para-hydroxylation sites is 1. The first kappa shape index (κ1) is 13.5. The van der Waals surface area contributed by atoms with Crippen molar-refractivity contribution >= 4 is 5.69 Å². The minimum Gasteiger partial charge on any atom is -0.368 e. The van der Waals surface area contributed by atoms with E-state index in [4.69, 9.17) is 11.0 Å². The van der Waals surface area contributed by atoms with Gasteiger partial charge in [0.15, 0.2) is 0 Å². The predicted molar refractivity (Wildman–Crippen MR) is 67.1 cm³/mol. The zero-order valence-electron chi connectivity index (χ0n) is 10.3. The molecule has 0 bridgehead atoms. The number of benzene rings is 1. The average molecular weight is 235 g/mol. The number of anilines is 1. The number of hydrogen-bond acceptors (Lipinski definition) is 3. The SMILES string of the molecule is CCN(CCC#N)c1c(F)cccc1C(C)N. The van der Waals surface area contributed by atoms with E-state index in [9.17, 15) is 4.39 Å². The van der Waals surface area contributed by atoms with Crippen molar-refractivity contribution in [3.63, 3.8) is 0 Å². The maximum absolute atomic E-state index is 13.9. The minimum atomic E-state index is -0.278. The molecular weight excluding hydrogens is 217 g/mol. The van der Waals surface area contributed by atoms with Gasteiger partial charge in [-0.2, -0.15) is 5.26 Å². The Hall–Kier alpha value is -1.60. The molecule has 17 heavy (non-hydrogen) atoms. The van der Waals surface area contributed by atoms with Gasteiger partial charge in [-0.05, 0) is 25.5 Å². The topological polar surface area (TPSA) is 53.0 Å². The van der Waals surface area contributed by atoms with E-state index in [1.165, 1.54) is 6.07 Å². The van der Waals surface area contributed by atoms with Crippen LogP contribution >= 0.6 is 0 Å². The summed E-state index contributed by atoms with van der Waals surface area (Å²) in [6, 6.07) is 6.77. The fourth-order valence-electron chi connectivity index (χ4n) is 1.85. The highest BCUT2D eigenvalue weighted by molar-refractivity contribution is 5.56. The third kappa shape index (κ3) is 3.18. The van der Waals surface area contributed by atoms with Crippen LogP contribution in [0.5, 0.6) is 0 Å². The quantitative estimate of drug-likeness (QED) is 0.853. The van der Waals surface area contributed by atoms with Crippen LogP contribution < -0.4 is 10.6 Å². The van der Waals surface area contributed by atoms with Crippen LogP contribution in [0.3, 0.4) is 0 Å². The smallest absolute Gasteiger partial charge is 0.146 e. The Kier molecular flexibility index (Phi) is 4.92. The molecule has 0 spiro atoms. The molecule has 0 fully saturated rings. The molecule has 0 aliphatic rings. The lowest BCUT2D eigenvalue weighted by Crippen LogP contribution is -2.27. The van der Waals surface area contributed by atoms with Gasteiger partial charge in [-0.1, -0.05) is 12.1 Å². The zero-order chi connectivity index (χ0) is 12.8. The summed E-state index contributed by atoms with van der Waals surface area (Å²) in [6.07, 6.45) is 0.376. The van der Waals surface area contributed by atoms with Crippen LogP contribution in [0.1, 0.15) is 31.9 Å². The molecule has 0 amide bonds. The Morgan fingerprint density at radius 3 is 2.76 bits per heavy atom. The van der Waals surface area contributed by atoms with Gasteiger partial charge in [0.2, 0.25) is 0 Å². The number of rotatable bonds is 5. The molecule has 2 N–H and O–H groups in total. The van der Waals surface area contributed by atoms with Crippen molar-refractivity contribution in [2.75, 3.05) is 18.0 Å². The van der Waals surface area contributed by atoms with Gasteiger partial charge < -0.3 is 10.6 Å². The lowest BCUT2D eigenvalue weighted by Gasteiger charge is -2.26. The summed E-state index contributed by atoms with van der Waals surface area (Å²) < 4.78 is 13.9. The molecular formula is C13H18FN3. The standard InChI is InChI=1S/C13H18FN3/c1-3-17(9-5-8-15)13-11(10(2)16)6-4-7-12(13)14/h4,6-7,10H,3,5,9,16H2,1-2H3. The fourth-order valence-corrected chi connectivity index (χ4v) is 1.85. The molecule has 0 saturated carbocycles. The van der Waals surface area contributed by atoms with Crippen LogP contribution in [-0.4, -0.2) is 13.1 Å². The van der Waals surface area contributed by atoms with Crippen LogP contribution in [0.2, 0.25) is 0 Å². The van der Waals surface area contributed by atoms with Crippen molar-refractivity contribution < 1.29 is 4.39 Å². The Balaban J connectivity index is 3.12. The van der Waals surface area contributed by atoms with Crippen molar-refractivity contribution in [3.05, 3.63) is 29.6 Å². The Labute approximate surface area is 102 Å². The molecule has 0 aliphatic carbocycles. The van der Waals surface area contributed by atoms with E-state index in [1.807, 2.05) is 24.8 Å². The molecule has 0 radical (unpaired) electrons. The van der Waals surface area contributed by atoms with Crippen LogP contribution in [0.15, 0.2) is 18.2 Å². The van der Waals surface area contributed by atoms with Gasteiger partial charge in [-0.15, -0.1) is 0 Å². The van der Waals surface area contributed by atoms with Gasteiger partial charge in [0, 0.05) is 19.1 Å². The van der Waals surface area contributed by atoms with Crippen LogP contribution in [-0.2, 0) is 0 Å². The lowest BCUT2D eigenvalue weighted by atomic mass is 10.1. The number of nitrogens with zero attached hydrogens (tertiary/aromatic N) is 2. The van der Waals surface area contributed by atoms with Crippen LogP contribution in [0.25, 0.3) is 0 Å². The monoisotopic (exact) mass is 235 g/mol. The Bertz CT molecular complexity index is 410. The molecule has 0 aromatic heterocycles. The highest BCUT2D eigenvalue weighted by Gasteiger charge is 2.16. The third-order valence-electron chi connectivity index (χ3n) is 2.70. The first-order chi connectivity index (χ1) is 8.11. The van der Waals surface area contributed by atoms with Gasteiger partial charge in [0.25, 0.3) is 0 Å². The van der Waals surface area contributed by atoms with Crippen molar-refractivity contribution in [2.45, 2.75) is 26.3 Å². The van der Waals surface area contributed by atoms with E-state index in [-0.39, 0.29) is 11.9 Å². The van der Waals surface area contributed by atoms with E-state index >= 15 is 0 Å². The van der Waals surface area contributed by atoms with Gasteiger partial charge in [0.1, 0.15) is 5.82 Å². The molecule has 1 atom stereocenters. The molecule has 0 saturated heterocycles. The second kappa shape index (κ2) is 6.21. The van der Waals surface area contributed by atoms with Crippen molar-refractivity contribution in [1.29, 1.82) is 5.26 Å². The van der Waals surface area contributed by atoms with Crippen LogP contribution in [0, 0.1) is 17.1 Å². The molecule has 1 aromatic carbocycles. The normalized spacial score (nSPS) is 11.9. The average Bonchev–Trinajstić information content (AvgIpc) is 2.31. The van der Waals surface area contributed by atoms with E-state index in [0.717, 1.165) is 5.56 Å². The summed E-state index contributed by atoms with van der Waals surface area (Å²) in [5.74, 6) is -0.278. The second-order valence-corrected chi connectivity index (χ2v) is 3.95. The summed E-state index contributed by atoms with van der Waals surface area (Å²) in [7, 11) is 0. The first-order valence-corrected chi connectivity index (χ1v) is 5.77. The summed E-state index contributed by atoms with van der Waals surface area (Å²) in [5.41, 5.74) is 7.16. The maximum atomic E-state index is 13.9. The Morgan fingerprint density at radius 1 is 1.53 bits per heavy atom. The van der Waals surface area contributed by atoms with E-state index in [0.29, 0.717) is 25.2 Å². The van der Waals surface area contributed by atoms with Gasteiger partial charge in [0.05, 0.1) is 18.2 Å². The van der Waals surface area contributed by atoms with Gasteiger partial charge in [-0.25, -0.2) is 4.39 Å². The number of nitriles is 1. The fraction of sp³-hybridized carbons (Fsp3) is 0.462. The van der Waals surface area contributed by atoms with Crippen molar-refractivity contribution in [2.24, 2.45) is 5.73 Å². The third-order valence-corrected chi connectivity index (χ3v) is 2.70. The summed E-state index contributed by atoms with van der Waals surface area (Å²) in [5, 5.41) is 8.61. The van der Waals surface area contributed by atoms with Gasteiger partial charge in [-0.3, -0.25) is 0 Å². The van der Waals surface area contributed by atoms with E-state index in [1.54, 1.807) is 6.07 Å². The zero-order valence-corrected chi connectivity index (χ0v) is 10.3. The molecule has 0 aliphatic heterocycles. The first-order valence-electron chi connectivity index (χ1n) is 5.77. The van der Waals surface area contributed by atoms with Crippen molar-refractivity contribution in [1.82, 2.24) is 0 Å². The summed E-state index contributed by atoms with van der Waals surface area (Å²) in [6.45, 7) is 4.95. The summed E-state index contributed by atoms with van der Waals surface area (Å²) in [4.78, 5) is 1.86. The Morgan fingerprint density at radius 2 is 2.24 bits per heavy atom. The predicted octanol–water partition coefficient (Wildman–Crippen LogP) is 2.59. The van der Waals surface area contributed by atoms with Crippen molar-refractivity contribution in [3.8, 4) is 6.07 Å². The number of halogens is 1. The van der Waals surface area contributed by atoms with E-state index in [2.05, 4.69) is 6.07 Å². The molecule has 1 unspecified atom stereocenters. The molecule has 3 nitrogen and oxygen atoms in total. The molecule has 0 heterocycles. The molecule has 4 heteroatoms. The minimum absolute atomic E-state index is 0.225. The number of hydrogen-bond donors (Lipinski definition) is 1. The summed E-state index contributed by atoms with van der Waals surface area (Å²) >= 11 is 0.